The van der Waals surface area contributed by atoms with Crippen LogP contribution in [0.1, 0.15) is 24.2 Å². The van der Waals surface area contributed by atoms with Crippen LogP contribution in [0.4, 0.5) is 10.5 Å². The molecule has 0 fully saturated rings. The van der Waals surface area contributed by atoms with Crippen molar-refractivity contribution < 1.29 is 14.3 Å². The normalized spacial score (nSPS) is 17.8. The van der Waals surface area contributed by atoms with Gasteiger partial charge in [-0.3, -0.25) is 4.79 Å². The van der Waals surface area contributed by atoms with E-state index in [1.54, 1.807) is 26.0 Å². The van der Waals surface area contributed by atoms with E-state index in [9.17, 15) is 9.59 Å². The summed E-state index contributed by atoms with van der Waals surface area (Å²) < 4.78 is 4.76. The van der Waals surface area contributed by atoms with E-state index >= 15 is 0 Å². The highest BCUT2D eigenvalue weighted by Gasteiger charge is 2.30. The Morgan fingerprint density at radius 1 is 1.50 bits per heavy atom. The highest BCUT2D eigenvalue weighted by Crippen LogP contribution is 2.23. The van der Waals surface area contributed by atoms with E-state index in [1.165, 1.54) is 5.01 Å². The zero-order chi connectivity index (χ0) is 13.1. The number of hydrazine groups is 1. The Morgan fingerprint density at radius 2 is 2.22 bits per heavy atom. The Kier molecular flexibility index (Phi) is 3.36. The smallest absolute Gasteiger partial charge is 0.426 e. The molecule has 2 amide bonds. The molecule has 96 valence electrons. The number of nitrogens with zero attached hydrogens (tertiary/aromatic N) is 1. The van der Waals surface area contributed by atoms with Gasteiger partial charge in [0.1, 0.15) is 6.17 Å². The number of benzene rings is 1. The summed E-state index contributed by atoms with van der Waals surface area (Å²) in [7, 11) is 0. The zero-order valence-corrected chi connectivity index (χ0v) is 10.3. The molecule has 0 saturated heterocycles. The van der Waals surface area contributed by atoms with Crippen LogP contribution in [0.3, 0.4) is 0 Å². The van der Waals surface area contributed by atoms with Crippen LogP contribution < -0.4 is 10.7 Å². The number of anilines is 1. The molecule has 0 unspecified atom stereocenters. The van der Waals surface area contributed by atoms with Gasteiger partial charge < -0.3 is 10.1 Å². The van der Waals surface area contributed by atoms with Gasteiger partial charge in [0.2, 0.25) is 0 Å². The maximum Gasteiger partial charge on any atom is 0.426 e. The number of hydrogen-bond acceptors (Lipinski definition) is 4. The molecule has 6 nitrogen and oxygen atoms in total. The van der Waals surface area contributed by atoms with Crippen molar-refractivity contribution in [3.05, 3.63) is 29.8 Å². The highest BCUT2D eigenvalue weighted by atomic mass is 16.6. The predicted molar refractivity (Wildman–Crippen MR) is 65.9 cm³/mol. The fourth-order valence-corrected chi connectivity index (χ4v) is 1.80. The van der Waals surface area contributed by atoms with E-state index in [-0.39, 0.29) is 18.7 Å². The first kappa shape index (κ1) is 12.2. The summed E-state index contributed by atoms with van der Waals surface area (Å²) in [6, 6.07) is 7.15. The monoisotopic (exact) mass is 249 g/mol. The van der Waals surface area contributed by atoms with Crippen LogP contribution in [-0.2, 0) is 4.74 Å². The lowest BCUT2D eigenvalue weighted by atomic mass is 10.1. The average Bonchev–Trinajstić information content (AvgIpc) is 2.35. The van der Waals surface area contributed by atoms with E-state index < -0.39 is 6.09 Å². The third-order valence-electron chi connectivity index (χ3n) is 2.62. The van der Waals surface area contributed by atoms with E-state index in [0.29, 0.717) is 5.56 Å². The Labute approximate surface area is 105 Å². The minimum absolute atomic E-state index is 0.256. The second-order valence-electron chi connectivity index (χ2n) is 3.87. The number of ether oxygens (including phenoxy) is 1. The van der Waals surface area contributed by atoms with E-state index in [2.05, 4.69) is 10.7 Å². The Hall–Kier alpha value is -2.24. The Bertz CT molecular complexity index is 475. The quantitative estimate of drug-likeness (QED) is 0.834. The van der Waals surface area contributed by atoms with Crippen LogP contribution >= 0.6 is 0 Å². The molecular formula is C12H15N3O3. The van der Waals surface area contributed by atoms with Crippen molar-refractivity contribution in [2.24, 2.45) is 0 Å². The molecule has 1 aliphatic heterocycles. The molecule has 0 aromatic heterocycles. The van der Waals surface area contributed by atoms with Crippen LogP contribution in [0.5, 0.6) is 0 Å². The van der Waals surface area contributed by atoms with Crippen molar-refractivity contribution in [1.29, 1.82) is 0 Å². The lowest BCUT2D eigenvalue weighted by Crippen LogP contribution is -2.56. The lowest BCUT2D eigenvalue weighted by Gasteiger charge is -2.35. The van der Waals surface area contributed by atoms with Crippen molar-refractivity contribution in [2.45, 2.75) is 20.0 Å². The number of amides is 2. The number of rotatable bonds is 2. The summed E-state index contributed by atoms with van der Waals surface area (Å²) in [5.74, 6) is -0.259. The van der Waals surface area contributed by atoms with Gasteiger partial charge in [0, 0.05) is 5.69 Å². The number of carbonyl (C=O) groups excluding carboxylic acids is 2. The number of fused-ring (bicyclic) bond motifs is 1. The molecule has 1 aromatic carbocycles. The van der Waals surface area contributed by atoms with E-state index in [4.69, 9.17) is 4.74 Å². The van der Waals surface area contributed by atoms with Crippen molar-refractivity contribution >= 4 is 17.7 Å². The summed E-state index contributed by atoms with van der Waals surface area (Å²) in [6.07, 6.45) is -0.976. The zero-order valence-electron chi connectivity index (χ0n) is 10.3. The fourth-order valence-electron chi connectivity index (χ4n) is 1.80. The van der Waals surface area contributed by atoms with Crippen LogP contribution in [-0.4, -0.2) is 29.8 Å². The second kappa shape index (κ2) is 4.95. The molecule has 6 heteroatoms. The molecule has 1 heterocycles. The molecular weight excluding hydrogens is 234 g/mol. The SMILES string of the molecule is CCOC(=O)NN1C(=O)c2ccccc2N[C@H]1C. The third-order valence-corrected chi connectivity index (χ3v) is 2.62. The minimum atomic E-state index is -0.640. The lowest BCUT2D eigenvalue weighted by molar-refractivity contribution is 0.0529. The Morgan fingerprint density at radius 3 is 2.94 bits per heavy atom. The first-order valence-electron chi connectivity index (χ1n) is 5.76. The topological polar surface area (TPSA) is 70.7 Å². The maximum atomic E-state index is 12.2. The minimum Gasteiger partial charge on any atom is -0.449 e. The summed E-state index contributed by atoms with van der Waals surface area (Å²) in [5.41, 5.74) is 3.70. The van der Waals surface area contributed by atoms with Crippen molar-refractivity contribution in [3.8, 4) is 0 Å². The van der Waals surface area contributed by atoms with E-state index in [1.807, 2.05) is 12.1 Å². The predicted octanol–water partition coefficient (Wildman–Crippen LogP) is 1.56. The van der Waals surface area contributed by atoms with Crippen molar-refractivity contribution in [3.63, 3.8) is 0 Å². The fraction of sp³-hybridized carbons (Fsp3) is 0.333. The molecule has 2 rings (SSSR count). The third kappa shape index (κ3) is 2.22. The highest BCUT2D eigenvalue weighted by molar-refractivity contribution is 6.02. The summed E-state index contributed by atoms with van der Waals surface area (Å²) in [4.78, 5) is 23.5. The van der Waals surface area contributed by atoms with Crippen LogP contribution in [0.2, 0.25) is 0 Å². The van der Waals surface area contributed by atoms with Gasteiger partial charge in [0.25, 0.3) is 5.91 Å². The molecule has 18 heavy (non-hydrogen) atoms. The molecule has 0 saturated carbocycles. The second-order valence-corrected chi connectivity index (χ2v) is 3.87. The molecule has 0 bridgehead atoms. The number of hydrogen-bond donors (Lipinski definition) is 2. The molecule has 2 N–H and O–H groups in total. The summed E-state index contributed by atoms with van der Waals surface area (Å²) in [6.45, 7) is 3.74. The number of para-hydroxylation sites is 1. The summed E-state index contributed by atoms with van der Waals surface area (Å²) >= 11 is 0. The molecule has 0 aliphatic carbocycles. The van der Waals surface area contributed by atoms with Gasteiger partial charge in [-0.25, -0.2) is 15.2 Å². The van der Waals surface area contributed by atoms with Gasteiger partial charge in [-0.05, 0) is 26.0 Å². The molecule has 0 spiro atoms. The maximum absolute atomic E-state index is 12.2. The van der Waals surface area contributed by atoms with Crippen molar-refractivity contribution in [1.82, 2.24) is 10.4 Å². The molecule has 0 radical (unpaired) electrons. The molecule has 1 aliphatic rings. The van der Waals surface area contributed by atoms with Gasteiger partial charge in [-0.1, -0.05) is 12.1 Å². The van der Waals surface area contributed by atoms with Gasteiger partial charge in [-0.2, -0.15) is 0 Å². The van der Waals surface area contributed by atoms with Gasteiger partial charge >= 0.3 is 6.09 Å². The van der Waals surface area contributed by atoms with Gasteiger partial charge in [0.15, 0.2) is 0 Å². The standard InChI is InChI=1S/C12H15N3O3/c1-3-18-12(17)14-15-8(2)13-10-7-5-4-6-9(10)11(15)16/h4-8,13H,3H2,1-2H3,(H,14,17)/t8-/m1/s1. The average molecular weight is 249 g/mol. The summed E-state index contributed by atoms with van der Waals surface area (Å²) in [5, 5.41) is 4.35. The van der Waals surface area contributed by atoms with Gasteiger partial charge in [-0.15, -0.1) is 0 Å². The van der Waals surface area contributed by atoms with Crippen LogP contribution in [0, 0.1) is 0 Å². The number of carbonyl (C=O) groups is 2. The van der Waals surface area contributed by atoms with Gasteiger partial charge in [0.05, 0.1) is 12.2 Å². The largest absolute Gasteiger partial charge is 0.449 e. The van der Waals surface area contributed by atoms with Crippen LogP contribution in [0.15, 0.2) is 24.3 Å². The first-order chi connectivity index (χ1) is 8.63. The number of nitrogens with one attached hydrogen (secondary N) is 2. The molecule has 1 aromatic rings. The Balaban J connectivity index is 2.19. The van der Waals surface area contributed by atoms with Crippen molar-refractivity contribution in [2.75, 3.05) is 11.9 Å². The molecule has 1 atom stereocenters. The first-order valence-corrected chi connectivity index (χ1v) is 5.76. The van der Waals surface area contributed by atoms with E-state index in [0.717, 1.165) is 5.69 Å². The van der Waals surface area contributed by atoms with Crippen LogP contribution in [0.25, 0.3) is 0 Å².